The summed E-state index contributed by atoms with van der Waals surface area (Å²) >= 11 is 3.37. The maximum absolute atomic E-state index is 10.0. The van der Waals surface area contributed by atoms with Gasteiger partial charge in [0.1, 0.15) is 0 Å². The third-order valence-corrected chi connectivity index (χ3v) is 2.91. The normalized spacial score (nSPS) is 12.4. The number of rotatable bonds is 3. The highest BCUT2D eigenvalue weighted by molar-refractivity contribution is 9.10. The van der Waals surface area contributed by atoms with Gasteiger partial charge in [-0.05, 0) is 29.8 Å². The SMILES string of the molecule is OC(Cc1ccccn1)c1ccc(Br)cc1. The molecule has 0 radical (unpaired) electrons. The predicted molar refractivity (Wildman–Crippen MR) is 67.0 cm³/mol. The zero-order valence-electron chi connectivity index (χ0n) is 8.68. The predicted octanol–water partition coefficient (Wildman–Crippen LogP) is 3.12. The molecule has 1 N–H and O–H groups in total. The molecular weight excluding hydrogens is 266 g/mol. The van der Waals surface area contributed by atoms with E-state index in [1.165, 1.54) is 0 Å². The lowest BCUT2D eigenvalue weighted by atomic mass is 10.0. The minimum atomic E-state index is -0.497. The number of aliphatic hydroxyl groups excluding tert-OH is 1. The van der Waals surface area contributed by atoms with Crippen LogP contribution in [0.2, 0.25) is 0 Å². The van der Waals surface area contributed by atoms with Crippen molar-refractivity contribution in [2.75, 3.05) is 0 Å². The van der Waals surface area contributed by atoms with Gasteiger partial charge in [0.15, 0.2) is 0 Å². The van der Waals surface area contributed by atoms with Gasteiger partial charge in [-0.1, -0.05) is 34.1 Å². The van der Waals surface area contributed by atoms with Crippen molar-refractivity contribution in [1.29, 1.82) is 0 Å². The van der Waals surface area contributed by atoms with Crippen molar-refractivity contribution < 1.29 is 5.11 Å². The maximum Gasteiger partial charge on any atom is 0.0845 e. The third-order valence-electron chi connectivity index (χ3n) is 2.38. The molecule has 1 aromatic carbocycles. The summed E-state index contributed by atoms with van der Waals surface area (Å²) in [7, 11) is 0. The Labute approximate surface area is 103 Å². The first-order chi connectivity index (χ1) is 7.75. The van der Waals surface area contributed by atoms with Crippen LogP contribution < -0.4 is 0 Å². The van der Waals surface area contributed by atoms with E-state index in [2.05, 4.69) is 20.9 Å². The van der Waals surface area contributed by atoms with Crippen molar-refractivity contribution in [3.8, 4) is 0 Å². The summed E-state index contributed by atoms with van der Waals surface area (Å²) in [5.41, 5.74) is 1.81. The Kier molecular flexibility index (Phi) is 3.70. The van der Waals surface area contributed by atoms with Crippen molar-refractivity contribution in [1.82, 2.24) is 4.98 Å². The van der Waals surface area contributed by atoms with Crippen LogP contribution in [0.3, 0.4) is 0 Å². The largest absolute Gasteiger partial charge is 0.388 e. The molecule has 0 aliphatic heterocycles. The van der Waals surface area contributed by atoms with E-state index in [1.54, 1.807) is 6.20 Å². The quantitative estimate of drug-likeness (QED) is 0.935. The van der Waals surface area contributed by atoms with E-state index in [0.717, 1.165) is 15.7 Å². The summed E-state index contributed by atoms with van der Waals surface area (Å²) in [5, 5.41) is 10.0. The average Bonchev–Trinajstić information content (AvgIpc) is 2.31. The minimum Gasteiger partial charge on any atom is -0.388 e. The van der Waals surface area contributed by atoms with E-state index in [4.69, 9.17) is 0 Å². The van der Waals surface area contributed by atoms with Crippen LogP contribution >= 0.6 is 15.9 Å². The Hall–Kier alpha value is -1.19. The molecule has 2 nitrogen and oxygen atoms in total. The summed E-state index contributed by atoms with van der Waals surface area (Å²) in [6.45, 7) is 0. The molecule has 1 unspecified atom stereocenters. The molecule has 0 spiro atoms. The summed E-state index contributed by atoms with van der Waals surface area (Å²) in [5.74, 6) is 0. The molecule has 3 heteroatoms. The molecule has 0 amide bonds. The Morgan fingerprint density at radius 3 is 2.50 bits per heavy atom. The molecule has 0 aliphatic rings. The number of hydrogen-bond donors (Lipinski definition) is 1. The molecule has 1 aromatic heterocycles. The Morgan fingerprint density at radius 1 is 1.12 bits per heavy atom. The highest BCUT2D eigenvalue weighted by Crippen LogP contribution is 2.19. The number of hydrogen-bond acceptors (Lipinski definition) is 2. The van der Waals surface area contributed by atoms with E-state index in [1.807, 2.05) is 42.5 Å². The van der Waals surface area contributed by atoms with E-state index in [-0.39, 0.29) is 0 Å². The number of benzene rings is 1. The van der Waals surface area contributed by atoms with Crippen LogP contribution in [0, 0.1) is 0 Å². The molecule has 1 heterocycles. The van der Waals surface area contributed by atoms with E-state index in [0.29, 0.717) is 6.42 Å². The fraction of sp³-hybridized carbons (Fsp3) is 0.154. The number of aromatic nitrogens is 1. The van der Waals surface area contributed by atoms with Gasteiger partial charge >= 0.3 is 0 Å². The van der Waals surface area contributed by atoms with E-state index >= 15 is 0 Å². The molecule has 0 saturated heterocycles. The highest BCUT2D eigenvalue weighted by Gasteiger charge is 2.08. The molecule has 0 aliphatic carbocycles. The van der Waals surface area contributed by atoms with Crippen LogP contribution in [-0.2, 0) is 6.42 Å². The summed E-state index contributed by atoms with van der Waals surface area (Å²) < 4.78 is 1.02. The monoisotopic (exact) mass is 277 g/mol. The maximum atomic E-state index is 10.0. The third kappa shape index (κ3) is 2.90. The first-order valence-corrected chi connectivity index (χ1v) is 5.88. The molecule has 0 saturated carbocycles. The van der Waals surface area contributed by atoms with Gasteiger partial charge in [0, 0.05) is 22.8 Å². The molecule has 82 valence electrons. The van der Waals surface area contributed by atoms with Crippen LogP contribution in [0.1, 0.15) is 17.4 Å². The van der Waals surface area contributed by atoms with E-state index < -0.39 is 6.10 Å². The lowest BCUT2D eigenvalue weighted by Crippen LogP contribution is -2.02. The van der Waals surface area contributed by atoms with Crippen molar-refractivity contribution in [3.05, 3.63) is 64.4 Å². The van der Waals surface area contributed by atoms with Crippen molar-refractivity contribution in [2.24, 2.45) is 0 Å². The molecule has 16 heavy (non-hydrogen) atoms. The number of nitrogens with zero attached hydrogens (tertiary/aromatic N) is 1. The second-order valence-corrected chi connectivity index (χ2v) is 4.51. The number of halogens is 1. The Bertz CT molecular complexity index is 441. The Balaban J connectivity index is 2.09. The summed E-state index contributed by atoms with van der Waals surface area (Å²) in [6.07, 6.45) is 1.79. The standard InChI is InChI=1S/C13H12BrNO/c14-11-6-4-10(5-7-11)13(16)9-12-3-1-2-8-15-12/h1-8,13,16H,9H2. The molecule has 0 fully saturated rings. The Morgan fingerprint density at radius 2 is 1.88 bits per heavy atom. The second-order valence-electron chi connectivity index (χ2n) is 3.59. The van der Waals surface area contributed by atoms with Crippen LogP contribution in [0.4, 0.5) is 0 Å². The summed E-state index contributed by atoms with van der Waals surface area (Å²) in [6, 6.07) is 13.4. The second kappa shape index (κ2) is 5.23. The topological polar surface area (TPSA) is 33.1 Å². The number of aliphatic hydroxyl groups is 1. The van der Waals surface area contributed by atoms with Gasteiger partial charge in [0.05, 0.1) is 6.10 Å². The van der Waals surface area contributed by atoms with Crippen molar-refractivity contribution in [3.63, 3.8) is 0 Å². The molecule has 1 atom stereocenters. The van der Waals surface area contributed by atoms with Gasteiger partial charge in [-0.3, -0.25) is 4.98 Å². The van der Waals surface area contributed by atoms with Gasteiger partial charge in [0.2, 0.25) is 0 Å². The zero-order valence-corrected chi connectivity index (χ0v) is 10.3. The molecule has 2 aromatic rings. The van der Waals surface area contributed by atoms with Crippen LogP contribution in [-0.4, -0.2) is 10.1 Å². The van der Waals surface area contributed by atoms with Gasteiger partial charge in [0.25, 0.3) is 0 Å². The van der Waals surface area contributed by atoms with Gasteiger partial charge < -0.3 is 5.11 Å². The first kappa shape index (κ1) is 11.3. The fourth-order valence-corrected chi connectivity index (χ4v) is 1.78. The van der Waals surface area contributed by atoms with Crippen LogP contribution in [0.15, 0.2) is 53.1 Å². The lowest BCUT2D eigenvalue weighted by molar-refractivity contribution is 0.177. The van der Waals surface area contributed by atoms with Gasteiger partial charge in [-0.25, -0.2) is 0 Å². The van der Waals surface area contributed by atoms with E-state index in [9.17, 15) is 5.11 Å². The average molecular weight is 278 g/mol. The smallest absolute Gasteiger partial charge is 0.0845 e. The summed E-state index contributed by atoms with van der Waals surface area (Å²) in [4.78, 5) is 4.19. The van der Waals surface area contributed by atoms with Gasteiger partial charge in [-0.2, -0.15) is 0 Å². The number of pyridine rings is 1. The first-order valence-electron chi connectivity index (χ1n) is 5.09. The van der Waals surface area contributed by atoms with Crippen molar-refractivity contribution >= 4 is 15.9 Å². The van der Waals surface area contributed by atoms with Crippen LogP contribution in [0.5, 0.6) is 0 Å². The van der Waals surface area contributed by atoms with Crippen molar-refractivity contribution in [2.45, 2.75) is 12.5 Å². The van der Waals surface area contributed by atoms with Gasteiger partial charge in [-0.15, -0.1) is 0 Å². The van der Waals surface area contributed by atoms with Crippen LogP contribution in [0.25, 0.3) is 0 Å². The zero-order chi connectivity index (χ0) is 11.4. The molecule has 0 bridgehead atoms. The molecule has 2 rings (SSSR count). The minimum absolute atomic E-state index is 0.497. The highest BCUT2D eigenvalue weighted by atomic mass is 79.9. The fourth-order valence-electron chi connectivity index (χ4n) is 1.52. The molecular formula is C13H12BrNO. The lowest BCUT2D eigenvalue weighted by Gasteiger charge is -2.10.